The summed E-state index contributed by atoms with van der Waals surface area (Å²) in [5, 5.41) is 7.18. The van der Waals surface area contributed by atoms with Gasteiger partial charge in [-0.3, -0.25) is 0 Å². The van der Waals surface area contributed by atoms with Crippen LogP contribution in [0.5, 0.6) is 0 Å². The second-order valence-corrected chi connectivity index (χ2v) is 14.9. The maximum atomic E-state index is 6.73. The van der Waals surface area contributed by atoms with Crippen LogP contribution >= 0.6 is 0 Å². The zero-order valence-corrected chi connectivity index (χ0v) is 30.9. The number of para-hydroxylation sites is 3. The van der Waals surface area contributed by atoms with Crippen molar-refractivity contribution in [1.29, 1.82) is 0 Å². The van der Waals surface area contributed by atoms with Crippen LogP contribution < -0.4 is 0 Å². The lowest BCUT2D eigenvalue weighted by atomic mass is 9.98. The summed E-state index contributed by atoms with van der Waals surface area (Å²) in [4.78, 5) is 0. The average molecular weight is 727 g/mol. The van der Waals surface area contributed by atoms with E-state index in [0.29, 0.717) is 0 Å². The van der Waals surface area contributed by atoms with Gasteiger partial charge in [0.15, 0.2) is 0 Å². The number of fused-ring (bicyclic) bond motifs is 9. The number of furan rings is 1. The Kier molecular flexibility index (Phi) is 6.93. The molecule has 3 nitrogen and oxygen atoms in total. The molecule has 0 N–H and O–H groups in total. The van der Waals surface area contributed by atoms with Crippen LogP contribution in [0.25, 0.3) is 110 Å². The first-order chi connectivity index (χ1) is 28.3. The highest BCUT2D eigenvalue weighted by atomic mass is 16.3. The van der Waals surface area contributed by atoms with E-state index in [-0.39, 0.29) is 0 Å². The lowest BCUT2D eigenvalue weighted by molar-refractivity contribution is 0.669. The van der Waals surface area contributed by atoms with E-state index in [2.05, 4.69) is 215 Å². The molecule has 12 aromatic rings. The summed E-state index contributed by atoms with van der Waals surface area (Å²) in [5.41, 5.74) is 15.9. The molecule has 0 aliphatic carbocycles. The van der Waals surface area contributed by atoms with Crippen LogP contribution in [0.1, 0.15) is 0 Å². The lowest BCUT2D eigenvalue weighted by Gasteiger charge is -2.08. The number of benzene rings is 9. The van der Waals surface area contributed by atoms with E-state index in [1.54, 1.807) is 0 Å². The topological polar surface area (TPSA) is 23.0 Å². The molecule has 0 fully saturated rings. The van der Waals surface area contributed by atoms with Crippen molar-refractivity contribution in [2.75, 3.05) is 0 Å². The first-order valence-electron chi connectivity index (χ1n) is 19.5. The minimum absolute atomic E-state index is 0.886. The van der Waals surface area contributed by atoms with Gasteiger partial charge in [0.25, 0.3) is 0 Å². The molecular weight excluding hydrogens is 693 g/mol. The predicted molar refractivity (Wildman–Crippen MR) is 239 cm³/mol. The van der Waals surface area contributed by atoms with Gasteiger partial charge in [0, 0.05) is 43.7 Å². The SMILES string of the molecule is c1ccc(-c2ccc3c(c2)c2cc(-c4ccc5c(c4)oc4cc(-c6cccc7c6c6ccccc6n7-c6ccccc6)ccc45)ccc2n3-c2ccccc2)cc1. The summed E-state index contributed by atoms with van der Waals surface area (Å²) in [5.74, 6) is 0. The van der Waals surface area contributed by atoms with Gasteiger partial charge in [-0.05, 0) is 118 Å². The summed E-state index contributed by atoms with van der Waals surface area (Å²) >= 11 is 0. The predicted octanol–water partition coefficient (Wildman–Crippen LogP) is 14.8. The van der Waals surface area contributed by atoms with Crippen LogP contribution in [0.2, 0.25) is 0 Å². The van der Waals surface area contributed by atoms with Crippen molar-refractivity contribution in [3.05, 3.63) is 206 Å². The van der Waals surface area contributed by atoms with Crippen molar-refractivity contribution in [1.82, 2.24) is 9.13 Å². The van der Waals surface area contributed by atoms with E-state index < -0.39 is 0 Å². The fourth-order valence-electron chi connectivity index (χ4n) is 9.11. The minimum Gasteiger partial charge on any atom is -0.456 e. The average Bonchev–Trinajstić information content (AvgIpc) is 3.93. The first-order valence-corrected chi connectivity index (χ1v) is 19.5. The van der Waals surface area contributed by atoms with Crippen LogP contribution in [-0.4, -0.2) is 9.13 Å². The number of rotatable bonds is 5. The third kappa shape index (κ3) is 4.92. The van der Waals surface area contributed by atoms with Gasteiger partial charge in [-0.1, -0.05) is 121 Å². The van der Waals surface area contributed by atoms with Gasteiger partial charge in [-0.15, -0.1) is 0 Å². The number of nitrogens with zero attached hydrogens (tertiary/aromatic N) is 2. The normalized spacial score (nSPS) is 11.9. The molecule has 0 saturated carbocycles. The molecule has 9 aromatic carbocycles. The van der Waals surface area contributed by atoms with Gasteiger partial charge in [0.05, 0.1) is 22.1 Å². The molecule has 0 spiro atoms. The monoisotopic (exact) mass is 726 g/mol. The molecule has 57 heavy (non-hydrogen) atoms. The maximum absolute atomic E-state index is 6.73. The van der Waals surface area contributed by atoms with Gasteiger partial charge >= 0.3 is 0 Å². The lowest BCUT2D eigenvalue weighted by Crippen LogP contribution is -1.93. The molecule has 3 heterocycles. The van der Waals surface area contributed by atoms with Crippen LogP contribution in [0.15, 0.2) is 211 Å². The van der Waals surface area contributed by atoms with Gasteiger partial charge in [0.2, 0.25) is 0 Å². The summed E-state index contributed by atoms with van der Waals surface area (Å²) < 4.78 is 11.5. The van der Waals surface area contributed by atoms with Gasteiger partial charge in [-0.25, -0.2) is 0 Å². The Morgan fingerprint density at radius 1 is 0.281 bits per heavy atom. The molecule has 0 unspecified atom stereocenters. The molecule has 0 saturated heterocycles. The van der Waals surface area contributed by atoms with E-state index in [1.807, 2.05) is 0 Å². The molecule has 0 aliphatic rings. The molecular formula is C54H34N2O. The Hall–Kier alpha value is -7.62. The Balaban J connectivity index is 0.990. The molecule has 0 atom stereocenters. The fraction of sp³-hybridized carbons (Fsp3) is 0. The van der Waals surface area contributed by atoms with Crippen LogP contribution in [-0.2, 0) is 0 Å². The number of hydrogen-bond donors (Lipinski definition) is 0. The van der Waals surface area contributed by atoms with E-state index >= 15 is 0 Å². The Morgan fingerprint density at radius 3 is 1.42 bits per heavy atom. The van der Waals surface area contributed by atoms with Crippen LogP contribution in [0.4, 0.5) is 0 Å². The highest BCUT2D eigenvalue weighted by Crippen LogP contribution is 2.42. The van der Waals surface area contributed by atoms with Gasteiger partial charge in [0.1, 0.15) is 11.2 Å². The molecule has 3 heteroatoms. The van der Waals surface area contributed by atoms with Crippen molar-refractivity contribution < 1.29 is 4.42 Å². The number of hydrogen-bond acceptors (Lipinski definition) is 1. The first kappa shape index (κ1) is 31.7. The molecule has 266 valence electrons. The zero-order valence-electron chi connectivity index (χ0n) is 30.9. The summed E-state index contributed by atoms with van der Waals surface area (Å²) in [6, 6.07) is 74.3. The molecule has 12 rings (SSSR count). The van der Waals surface area contributed by atoms with Gasteiger partial charge < -0.3 is 13.6 Å². The van der Waals surface area contributed by atoms with Crippen molar-refractivity contribution in [3.63, 3.8) is 0 Å². The van der Waals surface area contributed by atoms with Crippen LogP contribution in [0, 0.1) is 0 Å². The van der Waals surface area contributed by atoms with E-state index in [0.717, 1.165) is 50.0 Å². The number of aromatic nitrogens is 2. The molecule has 0 aliphatic heterocycles. The standard InChI is InChI=1S/C54H34N2O/c1-4-13-35(14-5-1)36-25-29-49-46(31-36)47-32-37(26-30-50(47)55(49)40-15-6-2-7-16-40)38-23-27-43-44-28-24-39(34-53(44)57-52(43)33-38)42-20-12-22-51-54(42)45-19-10-11-21-48(45)56(51)41-17-8-3-9-18-41/h1-34H. The molecule has 0 radical (unpaired) electrons. The summed E-state index contributed by atoms with van der Waals surface area (Å²) in [7, 11) is 0. The molecule has 0 bridgehead atoms. The minimum atomic E-state index is 0.886. The molecule has 3 aromatic heterocycles. The third-order valence-corrected chi connectivity index (χ3v) is 11.7. The second-order valence-electron chi connectivity index (χ2n) is 14.9. The van der Waals surface area contributed by atoms with E-state index in [1.165, 1.54) is 60.3 Å². The zero-order chi connectivity index (χ0) is 37.5. The van der Waals surface area contributed by atoms with Crippen molar-refractivity contribution in [2.24, 2.45) is 0 Å². The summed E-state index contributed by atoms with van der Waals surface area (Å²) in [6.45, 7) is 0. The molecule has 0 amide bonds. The Morgan fingerprint density at radius 2 is 0.754 bits per heavy atom. The van der Waals surface area contributed by atoms with Crippen LogP contribution in [0.3, 0.4) is 0 Å². The summed E-state index contributed by atoms with van der Waals surface area (Å²) in [6.07, 6.45) is 0. The quantitative estimate of drug-likeness (QED) is 0.173. The largest absolute Gasteiger partial charge is 0.456 e. The van der Waals surface area contributed by atoms with Gasteiger partial charge in [-0.2, -0.15) is 0 Å². The van der Waals surface area contributed by atoms with Crippen molar-refractivity contribution in [2.45, 2.75) is 0 Å². The van der Waals surface area contributed by atoms with E-state index in [4.69, 9.17) is 4.42 Å². The Labute approximate surface area is 328 Å². The highest BCUT2D eigenvalue weighted by Gasteiger charge is 2.18. The van der Waals surface area contributed by atoms with E-state index in [9.17, 15) is 0 Å². The fourth-order valence-corrected chi connectivity index (χ4v) is 9.11. The van der Waals surface area contributed by atoms with Crippen molar-refractivity contribution >= 4 is 65.6 Å². The third-order valence-electron chi connectivity index (χ3n) is 11.7. The Bertz CT molecular complexity index is 3500. The maximum Gasteiger partial charge on any atom is 0.136 e. The van der Waals surface area contributed by atoms with Crippen molar-refractivity contribution in [3.8, 4) is 44.8 Å². The highest BCUT2D eigenvalue weighted by molar-refractivity contribution is 6.17. The second kappa shape index (κ2) is 12.5. The smallest absolute Gasteiger partial charge is 0.136 e.